The van der Waals surface area contributed by atoms with Gasteiger partial charge in [0.2, 0.25) is 0 Å². The number of nitrogens with zero attached hydrogens (tertiary/aromatic N) is 2. The number of halogens is 1. The van der Waals surface area contributed by atoms with Crippen LogP contribution >= 0.6 is 22.9 Å². The molecule has 0 atom stereocenters. The van der Waals surface area contributed by atoms with E-state index in [1.807, 2.05) is 43.3 Å². The van der Waals surface area contributed by atoms with Crippen LogP contribution < -0.4 is 9.62 Å². The molecule has 108 valence electrons. The number of hydrogen-bond donors (Lipinski definition) is 1. The van der Waals surface area contributed by atoms with Crippen molar-refractivity contribution in [3.8, 4) is 0 Å². The summed E-state index contributed by atoms with van der Waals surface area (Å²) in [6.45, 7) is 0.228. The van der Waals surface area contributed by atoms with Crippen molar-refractivity contribution in [1.29, 1.82) is 0 Å². The van der Waals surface area contributed by atoms with Crippen molar-refractivity contribution in [2.45, 2.75) is 10.8 Å². The van der Waals surface area contributed by atoms with Crippen molar-refractivity contribution in [2.75, 3.05) is 19.0 Å². The first-order chi connectivity index (χ1) is 9.38. The number of benzene rings is 1. The highest BCUT2D eigenvalue weighted by Crippen LogP contribution is 2.22. The molecule has 1 heterocycles. The van der Waals surface area contributed by atoms with Crippen molar-refractivity contribution in [3.05, 3.63) is 40.5 Å². The maximum atomic E-state index is 12.0. The van der Waals surface area contributed by atoms with Gasteiger partial charge in [0.1, 0.15) is 0 Å². The predicted octanol–water partition coefficient (Wildman–Crippen LogP) is 2.34. The van der Waals surface area contributed by atoms with Crippen LogP contribution in [0.25, 0.3) is 0 Å². The Morgan fingerprint density at radius 3 is 2.45 bits per heavy atom. The summed E-state index contributed by atoms with van der Waals surface area (Å²) in [4.78, 5) is 5.71. The van der Waals surface area contributed by atoms with Gasteiger partial charge in [-0.15, -0.1) is 0 Å². The molecule has 0 saturated carbocycles. The van der Waals surface area contributed by atoms with Gasteiger partial charge >= 0.3 is 0 Å². The van der Waals surface area contributed by atoms with Crippen molar-refractivity contribution >= 4 is 38.6 Å². The fourth-order valence-corrected chi connectivity index (χ4v) is 3.88. The zero-order valence-corrected chi connectivity index (χ0v) is 13.4. The van der Waals surface area contributed by atoms with Crippen LogP contribution in [0.2, 0.25) is 4.47 Å². The molecular formula is C12H14ClN3O2S2. The Balaban J connectivity index is 2.04. The summed E-state index contributed by atoms with van der Waals surface area (Å²) in [5.41, 5.74) is 1.95. The molecule has 0 aliphatic carbocycles. The number of sulfonamides is 1. The van der Waals surface area contributed by atoms with E-state index in [0.29, 0.717) is 0 Å². The topological polar surface area (TPSA) is 62.3 Å². The highest BCUT2D eigenvalue weighted by atomic mass is 35.5. The Labute approximate surface area is 127 Å². The van der Waals surface area contributed by atoms with Gasteiger partial charge in [0.25, 0.3) is 10.0 Å². The highest BCUT2D eigenvalue weighted by molar-refractivity contribution is 7.91. The molecule has 2 rings (SSSR count). The average molecular weight is 332 g/mol. The molecule has 1 N–H and O–H groups in total. The van der Waals surface area contributed by atoms with E-state index in [0.717, 1.165) is 22.6 Å². The molecular weight excluding hydrogens is 318 g/mol. The molecule has 0 spiro atoms. The lowest BCUT2D eigenvalue weighted by molar-refractivity contribution is 0.583. The Kier molecular flexibility index (Phi) is 4.64. The van der Waals surface area contributed by atoms with Crippen LogP contribution in [0.3, 0.4) is 0 Å². The Bertz CT molecular complexity index is 681. The summed E-state index contributed by atoms with van der Waals surface area (Å²) in [6, 6.07) is 7.65. The van der Waals surface area contributed by atoms with Gasteiger partial charge in [0.15, 0.2) is 8.68 Å². The van der Waals surface area contributed by atoms with Crippen LogP contribution in [-0.2, 0) is 16.6 Å². The Morgan fingerprint density at radius 1 is 1.30 bits per heavy atom. The molecule has 1 aromatic carbocycles. The molecule has 0 bridgehead atoms. The largest absolute Gasteiger partial charge is 0.378 e. The molecule has 1 aromatic heterocycles. The molecule has 0 aliphatic rings. The summed E-state index contributed by atoms with van der Waals surface area (Å²) in [5, 5.41) is 0. The molecule has 0 amide bonds. The van der Waals surface area contributed by atoms with Gasteiger partial charge in [-0.25, -0.2) is 18.1 Å². The average Bonchev–Trinajstić information content (AvgIpc) is 2.84. The zero-order chi connectivity index (χ0) is 14.8. The predicted molar refractivity (Wildman–Crippen MR) is 81.9 cm³/mol. The second-order valence-electron chi connectivity index (χ2n) is 4.32. The first-order valence-corrected chi connectivity index (χ1v) is 8.43. The number of aromatic nitrogens is 1. The number of thiazole rings is 1. The summed E-state index contributed by atoms with van der Waals surface area (Å²) < 4.78 is 26.8. The number of rotatable bonds is 5. The monoisotopic (exact) mass is 331 g/mol. The van der Waals surface area contributed by atoms with Gasteiger partial charge in [-0.3, -0.25) is 0 Å². The van der Waals surface area contributed by atoms with E-state index >= 15 is 0 Å². The van der Waals surface area contributed by atoms with E-state index in [9.17, 15) is 8.42 Å². The molecule has 0 saturated heterocycles. The fourth-order valence-electron chi connectivity index (χ4n) is 1.52. The third-order valence-electron chi connectivity index (χ3n) is 2.64. The van der Waals surface area contributed by atoms with E-state index in [4.69, 9.17) is 11.6 Å². The lowest BCUT2D eigenvalue weighted by Gasteiger charge is -2.12. The first-order valence-electron chi connectivity index (χ1n) is 5.76. The lowest BCUT2D eigenvalue weighted by atomic mass is 10.2. The van der Waals surface area contributed by atoms with Crippen LogP contribution in [0.15, 0.2) is 34.7 Å². The van der Waals surface area contributed by atoms with Gasteiger partial charge in [-0.05, 0) is 17.7 Å². The van der Waals surface area contributed by atoms with Crippen LogP contribution in [0.4, 0.5) is 5.69 Å². The van der Waals surface area contributed by atoms with Crippen LogP contribution in [-0.4, -0.2) is 27.5 Å². The molecule has 0 radical (unpaired) electrons. The first kappa shape index (κ1) is 15.2. The second kappa shape index (κ2) is 6.09. The third kappa shape index (κ3) is 3.69. The molecule has 20 heavy (non-hydrogen) atoms. The SMILES string of the molecule is CN(C)c1ccc(CNS(=O)(=O)c2cnc(Cl)s2)cc1. The number of hydrogen-bond acceptors (Lipinski definition) is 5. The van der Waals surface area contributed by atoms with Gasteiger partial charge in [0, 0.05) is 26.3 Å². The van der Waals surface area contributed by atoms with E-state index in [-0.39, 0.29) is 15.2 Å². The molecule has 0 unspecified atom stereocenters. The third-order valence-corrected chi connectivity index (χ3v) is 5.62. The maximum Gasteiger partial charge on any atom is 0.252 e. The van der Waals surface area contributed by atoms with Crippen molar-refractivity contribution in [2.24, 2.45) is 0 Å². The van der Waals surface area contributed by atoms with Crippen molar-refractivity contribution in [3.63, 3.8) is 0 Å². The minimum absolute atomic E-state index is 0.118. The number of nitrogens with one attached hydrogen (secondary N) is 1. The van der Waals surface area contributed by atoms with Crippen LogP contribution in [0.5, 0.6) is 0 Å². The van der Waals surface area contributed by atoms with Crippen molar-refractivity contribution in [1.82, 2.24) is 9.71 Å². The molecule has 0 aliphatic heterocycles. The normalized spacial score (nSPS) is 11.6. The summed E-state index contributed by atoms with van der Waals surface area (Å²) in [5.74, 6) is 0. The molecule has 2 aromatic rings. The fraction of sp³-hybridized carbons (Fsp3) is 0.250. The van der Waals surface area contributed by atoms with Gasteiger partial charge in [-0.1, -0.05) is 35.1 Å². The number of anilines is 1. The van der Waals surface area contributed by atoms with E-state index in [1.165, 1.54) is 6.20 Å². The zero-order valence-electron chi connectivity index (χ0n) is 11.0. The second-order valence-corrected chi connectivity index (χ2v) is 7.92. The van der Waals surface area contributed by atoms with Gasteiger partial charge in [0.05, 0.1) is 6.20 Å². The highest BCUT2D eigenvalue weighted by Gasteiger charge is 2.17. The Morgan fingerprint density at radius 2 is 1.95 bits per heavy atom. The summed E-state index contributed by atoms with van der Waals surface area (Å²) in [6.07, 6.45) is 1.25. The van der Waals surface area contributed by atoms with E-state index in [1.54, 1.807) is 0 Å². The van der Waals surface area contributed by atoms with Crippen molar-refractivity contribution < 1.29 is 8.42 Å². The minimum Gasteiger partial charge on any atom is -0.378 e. The maximum absolute atomic E-state index is 12.0. The lowest BCUT2D eigenvalue weighted by Crippen LogP contribution is -2.22. The Hall–Kier alpha value is -1.15. The summed E-state index contributed by atoms with van der Waals surface area (Å²) >= 11 is 6.57. The van der Waals surface area contributed by atoms with E-state index < -0.39 is 10.0 Å². The quantitative estimate of drug-likeness (QED) is 0.913. The van der Waals surface area contributed by atoms with Crippen LogP contribution in [0, 0.1) is 0 Å². The minimum atomic E-state index is -3.55. The standard InChI is InChI=1S/C12H14ClN3O2S2/c1-16(2)10-5-3-9(4-6-10)7-15-20(17,18)11-8-14-12(13)19-11/h3-6,8,15H,7H2,1-2H3. The molecule has 0 fully saturated rings. The molecule has 5 nitrogen and oxygen atoms in total. The van der Waals surface area contributed by atoms with Gasteiger partial charge < -0.3 is 4.90 Å². The van der Waals surface area contributed by atoms with Gasteiger partial charge in [-0.2, -0.15) is 0 Å². The summed E-state index contributed by atoms with van der Waals surface area (Å²) in [7, 11) is 0.346. The van der Waals surface area contributed by atoms with E-state index in [2.05, 4.69) is 9.71 Å². The smallest absolute Gasteiger partial charge is 0.252 e. The molecule has 8 heteroatoms. The van der Waals surface area contributed by atoms with Crippen LogP contribution in [0.1, 0.15) is 5.56 Å².